The number of halogens is 1. The lowest BCUT2D eigenvalue weighted by Crippen LogP contribution is -2.43. The minimum absolute atomic E-state index is 0.0590. The Balaban J connectivity index is 1.05. The van der Waals surface area contributed by atoms with Gasteiger partial charge in [-0.25, -0.2) is 0 Å². The molecule has 0 atom stereocenters. The van der Waals surface area contributed by atoms with Crippen LogP contribution < -0.4 is 14.9 Å². The maximum absolute atomic E-state index is 13.1. The van der Waals surface area contributed by atoms with Gasteiger partial charge in [0.05, 0.1) is 24.7 Å². The zero-order valence-corrected chi connectivity index (χ0v) is 24.0. The Kier molecular flexibility index (Phi) is 9.42. The fraction of sp³-hybridized carbons (Fsp3) is 0.364. The minimum atomic E-state index is -0.0590. The summed E-state index contributed by atoms with van der Waals surface area (Å²) in [7, 11) is 3.86. The van der Waals surface area contributed by atoms with Gasteiger partial charge < -0.3 is 18.8 Å². The van der Waals surface area contributed by atoms with Crippen LogP contribution in [-0.4, -0.2) is 56.2 Å². The highest BCUT2D eigenvalue weighted by atomic mass is 35.5. The van der Waals surface area contributed by atoms with Crippen molar-refractivity contribution in [1.29, 1.82) is 0 Å². The normalized spacial score (nSPS) is 14.6. The molecule has 3 aromatic carbocycles. The van der Waals surface area contributed by atoms with E-state index in [0.29, 0.717) is 34.9 Å². The molecular formula is C33H37ClN2O4. The van der Waals surface area contributed by atoms with Crippen LogP contribution in [0, 0.1) is 0 Å². The molecule has 0 aliphatic carbocycles. The summed E-state index contributed by atoms with van der Waals surface area (Å²) < 4.78 is 17.0. The predicted molar refractivity (Wildman–Crippen MR) is 162 cm³/mol. The second-order valence-corrected chi connectivity index (χ2v) is 11.0. The van der Waals surface area contributed by atoms with E-state index in [1.165, 1.54) is 24.7 Å². The van der Waals surface area contributed by atoms with E-state index in [9.17, 15) is 4.79 Å². The Morgan fingerprint density at radius 3 is 2.52 bits per heavy atom. The lowest BCUT2D eigenvalue weighted by atomic mass is 10.0. The lowest BCUT2D eigenvalue weighted by molar-refractivity contribution is 0.121. The number of piperidine rings is 1. The number of benzene rings is 3. The molecule has 1 aliphatic heterocycles. The summed E-state index contributed by atoms with van der Waals surface area (Å²) in [5.41, 5.74) is 3.08. The van der Waals surface area contributed by atoms with Crippen molar-refractivity contribution in [3.05, 3.63) is 93.8 Å². The van der Waals surface area contributed by atoms with Crippen LogP contribution in [0.25, 0.3) is 22.1 Å². The van der Waals surface area contributed by atoms with Crippen molar-refractivity contribution < 1.29 is 13.9 Å². The van der Waals surface area contributed by atoms with Gasteiger partial charge >= 0.3 is 0 Å². The molecule has 0 N–H and O–H groups in total. The van der Waals surface area contributed by atoms with Crippen LogP contribution >= 0.6 is 11.6 Å². The van der Waals surface area contributed by atoms with Crippen LogP contribution in [-0.2, 0) is 6.54 Å². The number of hydrogen-bond acceptors (Lipinski definition) is 6. The van der Waals surface area contributed by atoms with Gasteiger partial charge in [0.25, 0.3) is 0 Å². The predicted octanol–water partition coefficient (Wildman–Crippen LogP) is 6.88. The van der Waals surface area contributed by atoms with Gasteiger partial charge in [0.15, 0.2) is 5.43 Å². The zero-order chi connectivity index (χ0) is 27.9. The summed E-state index contributed by atoms with van der Waals surface area (Å²) in [6, 6.07) is 21.6. The van der Waals surface area contributed by atoms with E-state index < -0.39 is 0 Å². The average Bonchev–Trinajstić information content (AvgIpc) is 2.97. The van der Waals surface area contributed by atoms with E-state index in [-0.39, 0.29) is 5.43 Å². The number of methoxy groups -OCH3 is 1. The molecule has 1 aliphatic rings. The maximum atomic E-state index is 13.1. The van der Waals surface area contributed by atoms with Crippen molar-refractivity contribution in [2.75, 3.05) is 40.4 Å². The molecule has 210 valence electrons. The molecule has 4 aromatic rings. The molecule has 1 saturated heterocycles. The number of rotatable bonds is 11. The molecule has 7 heteroatoms. The quantitative estimate of drug-likeness (QED) is 0.186. The summed E-state index contributed by atoms with van der Waals surface area (Å²) in [5.74, 6) is 1.46. The Labute approximate surface area is 241 Å². The molecule has 2 heterocycles. The highest BCUT2D eigenvalue weighted by Crippen LogP contribution is 2.25. The van der Waals surface area contributed by atoms with Gasteiger partial charge in [-0.3, -0.25) is 9.69 Å². The number of hydrogen-bond donors (Lipinski definition) is 0. The van der Waals surface area contributed by atoms with E-state index in [2.05, 4.69) is 29.0 Å². The smallest absolute Gasteiger partial charge is 0.200 e. The standard InChI is InChI=1S/C33H37ClN2O4/c1-35(27-14-17-36(18-15-27)22-24-6-5-7-26(34)20-24)16-3-4-19-39-29-12-13-30-32(21-29)40-23-31(33(30)37)25-8-10-28(38-2)11-9-25/h5-13,20-21,23,27H,3-4,14-19,22H2,1-2H3. The molecule has 1 fully saturated rings. The van der Waals surface area contributed by atoms with Crippen molar-refractivity contribution in [2.45, 2.75) is 38.3 Å². The fourth-order valence-corrected chi connectivity index (χ4v) is 5.63. The molecule has 6 nitrogen and oxygen atoms in total. The van der Waals surface area contributed by atoms with Gasteiger partial charge in [-0.05, 0) is 99.9 Å². The second-order valence-electron chi connectivity index (χ2n) is 10.5. The first-order chi connectivity index (χ1) is 19.5. The third-order valence-corrected chi connectivity index (χ3v) is 8.03. The topological polar surface area (TPSA) is 55.2 Å². The van der Waals surface area contributed by atoms with Gasteiger partial charge in [0.1, 0.15) is 23.3 Å². The van der Waals surface area contributed by atoms with Crippen LogP contribution in [0.3, 0.4) is 0 Å². The van der Waals surface area contributed by atoms with Gasteiger partial charge in [0, 0.05) is 23.7 Å². The summed E-state index contributed by atoms with van der Waals surface area (Å²) >= 11 is 6.14. The Bertz CT molecular complexity index is 1460. The van der Waals surface area contributed by atoms with Crippen LogP contribution in [0.5, 0.6) is 11.5 Å². The Morgan fingerprint density at radius 2 is 1.77 bits per heavy atom. The first kappa shape index (κ1) is 28.2. The van der Waals surface area contributed by atoms with Crippen molar-refractivity contribution in [2.24, 2.45) is 0 Å². The second kappa shape index (κ2) is 13.4. The van der Waals surface area contributed by atoms with Gasteiger partial charge in [0.2, 0.25) is 0 Å². The maximum Gasteiger partial charge on any atom is 0.200 e. The molecule has 0 radical (unpaired) electrons. The summed E-state index contributed by atoms with van der Waals surface area (Å²) in [6.07, 6.45) is 5.95. The Morgan fingerprint density at radius 1 is 1.00 bits per heavy atom. The van der Waals surface area contributed by atoms with E-state index in [0.717, 1.165) is 55.4 Å². The van der Waals surface area contributed by atoms with Crippen molar-refractivity contribution in [3.8, 4) is 22.6 Å². The highest BCUT2D eigenvalue weighted by Gasteiger charge is 2.22. The van der Waals surface area contributed by atoms with Gasteiger partial charge in [-0.15, -0.1) is 0 Å². The molecule has 0 unspecified atom stereocenters. The average molecular weight is 561 g/mol. The Hall–Kier alpha value is -3.32. The van der Waals surface area contributed by atoms with Crippen LogP contribution in [0.2, 0.25) is 5.02 Å². The van der Waals surface area contributed by atoms with Crippen molar-refractivity contribution in [3.63, 3.8) is 0 Å². The number of ether oxygens (including phenoxy) is 2. The van der Waals surface area contributed by atoms with E-state index in [1.54, 1.807) is 19.2 Å². The molecular weight excluding hydrogens is 524 g/mol. The van der Waals surface area contributed by atoms with E-state index >= 15 is 0 Å². The van der Waals surface area contributed by atoms with E-state index in [4.69, 9.17) is 25.5 Å². The van der Waals surface area contributed by atoms with Crippen LogP contribution in [0.1, 0.15) is 31.2 Å². The van der Waals surface area contributed by atoms with E-state index in [1.807, 2.05) is 42.5 Å². The fourth-order valence-electron chi connectivity index (χ4n) is 5.42. The molecule has 0 spiro atoms. The summed E-state index contributed by atoms with van der Waals surface area (Å²) in [6.45, 7) is 4.89. The largest absolute Gasteiger partial charge is 0.497 e. The number of fused-ring (bicyclic) bond motifs is 1. The molecule has 0 amide bonds. The molecule has 0 saturated carbocycles. The van der Waals surface area contributed by atoms with Crippen molar-refractivity contribution in [1.82, 2.24) is 9.80 Å². The monoisotopic (exact) mass is 560 g/mol. The molecule has 0 bridgehead atoms. The minimum Gasteiger partial charge on any atom is -0.497 e. The van der Waals surface area contributed by atoms with Gasteiger partial charge in [-0.1, -0.05) is 35.9 Å². The lowest BCUT2D eigenvalue weighted by Gasteiger charge is -2.36. The van der Waals surface area contributed by atoms with Crippen LogP contribution in [0.4, 0.5) is 0 Å². The summed E-state index contributed by atoms with van der Waals surface area (Å²) in [5, 5.41) is 1.35. The third-order valence-electron chi connectivity index (χ3n) is 7.80. The SMILES string of the molecule is COc1ccc(-c2coc3cc(OCCCCN(C)C4CCN(Cc5cccc(Cl)c5)CC4)ccc3c2=O)cc1. The molecule has 1 aromatic heterocycles. The van der Waals surface area contributed by atoms with Gasteiger partial charge in [-0.2, -0.15) is 0 Å². The van der Waals surface area contributed by atoms with Crippen LogP contribution in [0.15, 0.2) is 82.2 Å². The first-order valence-corrected chi connectivity index (χ1v) is 14.4. The molecule has 5 rings (SSSR count). The summed E-state index contributed by atoms with van der Waals surface area (Å²) in [4.78, 5) is 18.1. The molecule has 40 heavy (non-hydrogen) atoms. The third kappa shape index (κ3) is 7.05. The number of unbranched alkanes of at least 4 members (excludes halogenated alkanes) is 1. The first-order valence-electron chi connectivity index (χ1n) is 14.0. The highest BCUT2D eigenvalue weighted by molar-refractivity contribution is 6.30. The number of likely N-dealkylation sites (tertiary alicyclic amines) is 1. The number of nitrogens with zero attached hydrogens (tertiary/aromatic N) is 2. The zero-order valence-electron chi connectivity index (χ0n) is 23.3. The van der Waals surface area contributed by atoms with Crippen molar-refractivity contribution >= 4 is 22.6 Å².